The summed E-state index contributed by atoms with van der Waals surface area (Å²) >= 11 is 4.99. The molecule has 2 aromatic carbocycles. The Bertz CT molecular complexity index is 1140. The highest BCUT2D eigenvalue weighted by Crippen LogP contribution is 2.25. The van der Waals surface area contributed by atoms with Crippen molar-refractivity contribution < 1.29 is 14.3 Å². The Labute approximate surface area is 186 Å². The molecule has 0 spiro atoms. The summed E-state index contributed by atoms with van der Waals surface area (Å²) in [6.07, 6.45) is 1.95. The van der Waals surface area contributed by atoms with Crippen LogP contribution in [0, 0.1) is 0 Å². The van der Waals surface area contributed by atoms with Crippen LogP contribution in [-0.2, 0) is 21.8 Å². The van der Waals surface area contributed by atoms with Crippen LogP contribution in [-0.4, -0.2) is 35.3 Å². The minimum absolute atomic E-state index is 0.0153. The van der Waals surface area contributed by atoms with Crippen LogP contribution in [0.2, 0.25) is 0 Å². The van der Waals surface area contributed by atoms with Crippen LogP contribution in [0.25, 0.3) is 10.9 Å². The first kappa shape index (κ1) is 21.1. The second-order valence-electron chi connectivity index (χ2n) is 7.09. The fourth-order valence-corrected chi connectivity index (χ4v) is 4.88. The number of esters is 1. The van der Waals surface area contributed by atoms with Gasteiger partial charge in [-0.2, -0.15) is 0 Å². The summed E-state index contributed by atoms with van der Waals surface area (Å²) in [5.74, 6) is 0.213. The number of rotatable bonds is 6. The van der Waals surface area contributed by atoms with Crippen LogP contribution in [0.5, 0.6) is 0 Å². The Balaban J connectivity index is 1.74. The first-order valence-electron chi connectivity index (χ1n) is 9.67. The van der Waals surface area contributed by atoms with Gasteiger partial charge in [0.25, 0.3) is 5.56 Å². The van der Waals surface area contributed by atoms with Crippen LogP contribution < -0.4 is 5.56 Å². The maximum Gasteiger partial charge on any atom is 0.337 e. The zero-order valence-corrected chi connectivity index (χ0v) is 18.9. The zero-order valence-electron chi connectivity index (χ0n) is 16.5. The number of hydrogen-bond acceptors (Lipinski definition) is 6. The summed E-state index contributed by atoms with van der Waals surface area (Å²) in [4.78, 5) is 29.9. The van der Waals surface area contributed by atoms with E-state index in [1.54, 1.807) is 22.8 Å². The number of methoxy groups -OCH3 is 1. The molecule has 0 radical (unpaired) electrons. The van der Waals surface area contributed by atoms with Crippen LogP contribution in [0.4, 0.5) is 0 Å². The minimum Gasteiger partial charge on any atom is -0.465 e. The molecule has 0 saturated carbocycles. The molecule has 6 nitrogen and oxygen atoms in total. The summed E-state index contributed by atoms with van der Waals surface area (Å²) in [5.41, 5.74) is 1.86. The van der Waals surface area contributed by atoms with Gasteiger partial charge >= 0.3 is 5.97 Å². The molecule has 156 valence electrons. The molecule has 1 saturated heterocycles. The lowest BCUT2D eigenvalue weighted by Gasteiger charge is -2.16. The van der Waals surface area contributed by atoms with E-state index in [9.17, 15) is 9.59 Å². The van der Waals surface area contributed by atoms with Crippen molar-refractivity contribution in [3.8, 4) is 0 Å². The lowest BCUT2D eigenvalue weighted by molar-refractivity contribution is 0.0601. The maximum atomic E-state index is 13.3. The summed E-state index contributed by atoms with van der Waals surface area (Å²) in [5, 5.41) is 1.09. The number of aromatic nitrogens is 2. The number of carbonyl (C=O) groups is 1. The number of ether oxygens (including phenoxy) is 2. The van der Waals surface area contributed by atoms with E-state index < -0.39 is 5.97 Å². The monoisotopic (exact) mass is 488 g/mol. The van der Waals surface area contributed by atoms with E-state index >= 15 is 0 Å². The molecular weight excluding hydrogens is 468 g/mol. The van der Waals surface area contributed by atoms with Gasteiger partial charge in [-0.05, 0) is 48.7 Å². The van der Waals surface area contributed by atoms with Crippen LogP contribution in [0.3, 0.4) is 0 Å². The van der Waals surface area contributed by atoms with Crippen LogP contribution in [0.1, 0.15) is 28.8 Å². The highest BCUT2D eigenvalue weighted by Gasteiger charge is 2.21. The molecule has 0 aliphatic carbocycles. The second kappa shape index (κ2) is 9.32. The third-order valence-electron chi connectivity index (χ3n) is 5.01. The highest BCUT2D eigenvalue weighted by atomic mass is 79.9. The van der Waals surface area contributed by atoms with Crippen molar-refractivity contribution in [1.82, 2.24) is 9.55 Å². The van der Waals surface area contributed by atoms with Gasteiger partial charge in [-0.1, -0.05) is 39.8 Å². The molecule has 0 N–H and O–H groups in total. The average molecular weight is 489 g/mol. The average Bonchev–Trinajstić information content (AvgIpc) is 3.27. The molecule has 1 unspecified atom stereocenters. The van der Waals surface area contributed by atoms with Crippen molar-refractivity contribution in [1.29, 1.82) is 0 Å². The van der Waals surface area contributed by atoms with Gasteiger partial charge in [0, 0.05) is 16.8 Å². The van der Waals surface area contributed by atoms with Gasteiger partial charge in [0.15, 0.2) is 5.16 Å². The van der Waals surface area contributed by atoms with E-state index in [1.807, 2.05) is 24.3 Å². The van der Waals surface area contributed by atoms with E-state index in [1.165, 1.54) is 18.9 Å². The van der Waals surface area contributed by atoms with Crippen molar-refractivity contribution in [3.05, 3.63) is 68.4 Å². The Kier molecular flexibility index (Phi) is 6.55. The highest BCUT2D eigenvalue weighted by molar-refractivity contribution is 9.10. The Hall–Kier alpha value is -2.16. The Morgan fingerprint density at radius 1 is 1.33 bits per heavy atom. The first-order chi connectivity index (χ1) is 14.5. The molecule has 0 amide bonds. The molecule has 1 atom stereocenters. The largest absolute Gasteiger partial charge is 0.465 e. The third kappa shape index (κ3) is 4.61. The van der Waals surface area contributed by atoms with Crippen molar-refractivity contribution in [2.24, 2.45) is 0 Å². The number of carbonyl (C=O) groups excluding carboxylic acids is 1. The van der Waals surface area contributed by atoms with E-state index in [2.05, 4.69) is 15.9 Å². The van der Waals surface area contributed by atoms with Gasteiger partial charge in [0.2, 0.25) is 0 Å². The van der Waals surface area contributed by atoms with E-state index in [4.69, 9.17) is 14.5 Å². The smallest absolute Gasteiger partial charge is 0.337 e. The fraction of sp³-hybridized carbons (Fsp3) is 0.318. The molecule has 2 heterocycles. The number of benzene rings is 2. The van der Waals surface area contributed by atoms with Crippen LogP contribution in [0.15, 0.2) is 56.9 Å². The first-order valence-corrected chi connectivity index (χ1v) is 11.4. The normalized spacial score (nSPS) is 16.1. The van der Waals surface area contributed by atoms with Crippen LogP contribution >= 0.6 is 27.7 Å². The Morgan fingerprint density at radius 3 is 2.93 bits per heavy atom. The van der Waals surface area contributed by atoms with Gasteiger partial charge in [0.1, 0.15) is 0 Å². The number of halogens is 1. The van der Waals surface area contributed by atoms with Gasteiger partial charge in [-0.25, -0.2) is 9.78 Å². The molecule has 3 aromatic rings. The van der Waals surface area contributed by atoms with E-state index in [0.717, 1.165) is 29.5 Å². The standard InChI is InChI=1S/C22H21BrN2O4S/c1-28-21(27)15-7-8-18-19(11-15)24-22(30-13-14-4-2-5-16(23)10-14)25(20(18)26)12-17-6-3-9-29-17/h2,4-5,7-8,10-11,17H,3,6,9,12-13H2,1H3. The number of nitrogens with zero attached hydrogens (tertiary/aromatic N) is 2. The molecular formula is C22H21BrN2O4S. The van der Waals surface area contributed by atoms with Gasteiger partial charge < -0.3 is 9.47 Å². The lowest BCUT2D eigenvalue weighted by Crippen LogP contribution is -2.29. The van der Waals surface area contributed by atoms with Crippen molar-refractivity contribution in [2.75, 3.05) is 13.7 Å². The Morgan fingerprint density at radius 2 is 2.20 bits per heavy atom. The molecule has 8 heteroatoms. The van der Waals surface area contributed by atoms with Crippen molar-refractivity contribution in [2.45, 2.75) is 36.4 Å². The summed E-state index contributed by atoms with van der Waals surface area (Å²) < 4.78 is 13.3. The summed E-state index contributed by atoms with van der Waals surface area (Å²) in [6.45, 7) is 1.20. The number of fused-ring (bicyclic) bond motifs is 1. The van der Waals surface area contributed by atoms with E-state index in [0.29, 0.717) is 33.9 Å². The zero-order chi connectivity index (χ0) is 21.1. The van der Waals surface area contributed by atoms with E-state index in [-0.39, 0.29) is 11.7 Å². The minimum atomic E-state index is -0.453. The van der Waals surface area contributed by atoms with Crippen molar-refractivity contribution in [3.63, 3.8) is 0 Å². The third-order valence-corrected chi connectivity index (χ3v) is 6.55. The molecule has 0 bridgehead atoms. The van der Waals surface area contributed by atoms with Gasteiger partial charge in [-0.15, -0.1) is 0 Å². The number of hydrogen-bond donors (Lipinski definition) is 0. The SMILES string of the molecule is COC(=O)c1ccc2c(=O)n(CC3CCCO3)c(SCc3cccc(Br)c3)nc2c1. The molecule has 4 rings (SSSR count). The predicted octanol–water partition coefficient (Wildman–Crippen LogP) is 4.42. The molecule has 1 fully saturated rings. The van der Waals surface area contributed by atoms with Gasteiger partial charge in [0.05, 0.1) is 36.2 Å². The summed E-state index contributed by atoms with van der Waals surface area (Å²) in [7, 11) is 1.33. The molecule has 1 aliphatic rings. The number of thioether (sulfide) groups is 1. The fourth-order valence-electron chi connectivity index (χ4n) is 3.48. The maximum absolute atomic E-state index is 13.3. The predicted molar refractivity (Wildman–Crippen MR) is 120 cm³/mol. The molecule has 1 aromatic heterocycles. The van der Waals surface area contributed by atoms with Crippen molar-refractivity contribution >= 4 is 44.6 Å². The quantitative estimate of drug-likeness (QED) is 0.290. The molecule has 30 heavy (non-hydrogen) atoms. The second-order valence-corrected chi connectivity index (χ2v) is 8.95. The topological polar surface area (TPSA) is 70.4 Å². The lowest BCUT2D eigenvalue weighted by atomic mass is 10.1. The molecule has 1 aliphatic heterocycles. The van der Waals surface area contributed by atoms with Gasteiger partial charge in [-0.3, -0.25) is 9.36 Å². The summed E-state index contributed by atoms with van der Waals surface area (Å²) in [6, 6.07) is 12.9.